The lowest BCUT2D eigenvalue weighted by Gasteiger charge is -2.27. The Morgan fingerprint density at radius 2 is 1.79 bits per heavy atom. The molecule has 3 rings (SSSR count). The number of methoxy groups -OCH3 is 1. The maximum atomic E-state index is 12.6. The van der Waals surface area contributed by atoms with Crippen LogP contribution in [-0.2, 0) is 20.7 Å². The molecule has 2 aliphatic rings. The number of hydrogen-bond acceptors (Lipinski definition) is 5. The van der Waals surface area contributed by atoms with Crippen LogP contribution < -0.4 is 10.1 Å². The number of ether oxygens (including phenoxy) is 2. The summed E-state index contributed by atoms with van der Waals surface area (Å²) in [5.41, 5.74) is 1.13. The number of morpholine rings is 1. The standard InChI is InChI=1S/C21H31N3O4.ClH/c1-27-19-6-3-17(4-7-19)5-8-20(25)23-10-2-11-24(13-12-23)21(26)15-18-16-28-14-9-22-18;/h3-4,6-7,18,22H,2,5,8-16H2,1H3;1H. The molecule has 162 valence electrons. The molecule has 1 aromatic carbocycles. The molecule has 0 aromatic heterocycles. The van der Waals surface area contributed by atoms with Gasteiger partial charge >= 0.3 is 0 Å². The Bertz CT molecular complexity index is 650. The third kappa shape index (κ3) is 7.17. The number of hydrogen-bond donors (Lipinski definition) is 1. The van der Waals surface area contributed by atoms with Crippen LogP contribution in [0, 0.1) is 0 Å². The molecule has 0 spiro atoms. The van der Waals surface area contributed by atoms with Gasteiger partial charge < -0.3 is 24.6 Å². The maximum absolute atomic E-state index is 12.6. The number of nitrogens with zero attached hydrogens (tertiary/aromatic N) is 2. The van der Waals surface area contributed by atoms with Crippen LogP contribution >= 0.6 is 12.4 Å². The predicted molar refractivity (Wildman–Crippen MR) is 114 cm³/mol. The molecule has 0 radical (unpaired) electrons. The van der Waals surface area contributed by atoms with Gasteiger partial charge in [0.25, 0.3) is 0 Å². The summed E-state index contributed by atoms with van der Waals surface area (Å²) in [7, 11) is 1.64. The second-order valence-electron chi connectivity index (χ2n) is 7.39. The zero-order valence-corrected chi connectivity index (χ0v) is 17.9. The average molecular weight is 426 g/mol. The minimum Gasteiger partial charge on any atom is -0.497 e. The Hall–Kier alpha value is -1.83. The molecule has 0 saturated carbocycles. The zero-order valence-electron chi connectivity index (χ0n) is 17.1. The van der Waals surface area contributed by atoms with Gasteiger partial charge in [-0.1, -0.05) is 12.1 Å². The summed E-state index contributed by atoms with van der Waals surface area (Å²) in [6.45, 7) is 4.76. The summed E-state index contributed by atoms with van der Waals surface area (Å²) >= 11 is 0. The molecule has 1 aromatic rings. The van der Waals surface area contributed by atoms with Gasteiger partial charge in [0.2, 0.25) is 11.8 Å². The van der Waals surface area contributed by atoms with Crippen LogP contribution in [-0.4, -0.2) is 80.7 Å². The Morgan fingerprint density at radius 3 is 2.41 bits per heavy atom. The van der Waals surface area contributed by atoms with E-state index in [0.29, 0.717) is 45.7 Å². The number of aryl methyl sites for hydroxylation is 1. The number of carbonyl (C=O) groups is 2. The first kappa shape index (κ1) is 23.4. The van der Waals surface area contributed by atoms with Gasteiger partial charge in [0, 0.05) is 51.6 Å². The summed E-state index contributed by atoms with van der Waals surface area (Å²) in [4.78, 5) is 29.0. The summed E-state index contributed by atoms with van der Waals surface area (Å²) in [6.07, 6.45) is 2.50. The minimum absolute atomic E-state index is 0. The molecule has 8 heteroatoms. The monoisotopic (exact) mass is 425 g/mol. The highest BCUT2D eigenvalue weighted by Crippen LogP contribution is 2.14. The Labute approximate surface area is 179 Å². The Balaban J connectivity index is 0.00000300. The lowest BCUT2D eigenvalue weighted by atomic mass is 10.1. The van der Waals surface area contributed by atoms with Gasteiger partial charge in [-0.3, -0.25) is 9.59 Å². The molecule has 0 bridgehead atoms. The van der Waals surface area contributed by atoms with Crippen LogP contribution in [0.4, 0.5) is 0 Å². The number of carbonyl (C=O) groups excluding carboxylic acids is 2. The van der Waals surface area contributed by atoms with Gasteiger partial charge in [-0.05, 0) is 30.5 Å². The largest absolute Gasteiger partial charge is 0.497 e. The van der Waals surface area contributed by atoms with Crippen LogP contribution in [0.3, 0.4) is 0 Å². The summed E-state index contributed by atoms with van der Waals surface area (Å²) in [5.74, 6) is 1.13. The van der Waals surface area contributed by atoms with E-state index < -0.39 is 0 Å². The number of rotatable bonds is 6. The normalized spacial score (nSPS) is 19.8. The van der Waals surface area contributed by atoms with Gasteiger partial charge in [0.15, 0.2) is 0 Å². The van der Waals surface area contributed by atoms with Crippen LogP contribution in [0.15, 0.2) is 24.3 Å². The van der Waals surface area contributed by atoms with E-state index in [-0.39, 0.29) is 30.3 Å². The number of halogens is 1. The number of amides is 2. The molecule has 1 N–H and O–H groups in total. The van der Waals surface area contributed by atoms with E-state index in [1.807, 2.05) is 34.1 Å². The summed E-state index contributed by atoms with van der Waals surface area (Å²) in [5, 5.41) is 3.33. The van der Waals surface area contributed by atoms with Crippen molar-refractivity contribution in [3.63, 3.8) is 0 Å². The Kier molecular flexibility index (Phi) is 9.70. The molecule has 1 atom stereocenters. The zero-order chi connectivity index (χ0) is 19.8. The van der Waals surface area contributed by atoms with E-state index in [1.165, 1.54) is 0 Å². The third-order valence-corrected chi connectivity index (χ3v) is 5.41. The van der Waals surface area contributed by atoms with E-state index in [0.717, 1.165) is 37.2 Å². The van der Waals surface area contributed by atoms with E-state index in [4.69, 9.17) is 9.47 Å². The molecule has 1 unspecified atom stereocenters. The van der Waals surface area contributed by atoms with Gasteiger partial charge in [0.1, 0.15) is 5.75 Å². The fraction of sp³-hybridized carbons (Fsp3) is 0.619. The predicted octanol–water partition coefficient (Wildman–Crippen LogP) is 1.49. The fourth-order valence-electron chi connectivity index (χ4n) is 3.71. The topological polar surface area (TPSA) is 71.1 Å². The maximum Gasteiger partial charge on any atom is 0.224 e. The molecule has 2 amide bonds. The number of benzene rings is 1. The lowest BCUT2D eigenvalue weighted by molar-refractivity contribution is -0.134. The smallest absolute Gasteiger partial charge is 0.224 e. The molecule has 7 nitrogen and oxygen atoms in total. The van der Waals surface area contributed by atoms with Crippen molar-refractivity contribution in [3.8, 4) is 5.75 Å². The van der Waals surface area contributed by atoms with E-state index in [1.54, 1.807) is 7.11 Å². The minimum atomic E-state index is 0. The van der Waals surface area contributed by atoms with Crippen molar-refractivity contribution >= 4 is 24.2 Å². The molecule has 2 fully saturated rings. The first-order valence-corrected chi connectivity index (χ1v) is 10.2. The SMILES string of the molecule is COc1ccc(CCC(=O)N2CCCN(C(=O)CC3COCCN3)CC2)cc1.Cl. The number of nitrogens with one attached hydrogen (secondary N) is 1. The van der Waals surface area contributed by atoms with Crippen LogP contribution in [0.2, 0.25) is 0 Å². The average Bonchev–Trinajstić information content (AvgIpc) is 2.99. The Morgan fingerprint density at radius 1 is 1.10 bits per heavy atom. The third-order valence-electron chi connectivity index (χ3n) is 5.41. The molecule has 2 aliphatic heterocycles. The summed E-state index contributed by atoms with van der Waals surface area (Å²) in [6, 6.07) is 7.94. The molecule has 2 heterocycles. The van der Waals surface area contributed by atoms with Crippen LogP contribution in [0.1, 0.15) is 24.8 Å². The van der Waals surface area contributed by atoms with Crippen LogP contribution in [0.5, 0.6) is 5.75 Å². The fourth-order valence-corrected chi connectivity index (χ4v) is 3.71. The van der Waals surface area contributed by atoms with Crippen molar-refractivity contribution in [2.75, 3.05) is 53.0 Å². The van der Waals surface area contributed by atoms with E-state index in [9.17, 15) is 9.59 Å². The van der Waals surface area contributed by atoms with Crippen molar-refractivity contribution in [2.24, 2.45) is 0 Å². The second-order valence-corrected chi connectivity index (χ2v) is 7.39. The van der Waals surface area contributed by atoms with Crippen molar-refractivity contribution < 1.29 is 19.1 Å². The highest BCUT2D eigenvalue weighted by molar-refractivity contribution is 5.85. The van der Waals surface area contributed by atoms with E-state index in [2.05, 4.69) is 5.32 Å². The van der Waals surface area contributed by atoms with Crippen molar-refractivity contribution in [1.82, 2.24) is 15.1 Å². The van der Waals surface area contributed by atoms with Crippen LogP contribution in [0.25, 0.3) is 0 Å². The second kappa shape index (κ2) is 12.0. The first-order valence-electron chi connectivity index (χ1n) is 10.2. The van der Waals surface area contributed by atoms with Gasteiger partial charge in [-0.2, -0.15) is 0 Å². The van der Waals surface area contributed by atoms with Gasteiger partial charge in [-0.15, -0.1) is 12.4 Å². The molecular weight excluding hydrogens is 394 g/mol. The molecule has 0 aliphatic carbocycles. The van der Waals surface area contributed by atoms with Gasteiger partial charge in [0.05, 0.1) is 20.3 Å². The lowest BCUT2D eigenvalue weighted by Crippen LogP contribution is -2.45. The molecule has 2 saturated heterocycles. The van der Waals surface area contributed by atoms with Crippen molar-refractivity contribution in [3.05, 3.63) is 29.8 Å². The molecular formula is C21H32ClN3O4. The quantitative estimate of drug-likeness (QED) is 0.747. The molecule has 29 heavy (non-hydrogen) atoms. The van der Waals surface area contributed by atoms with Gasteiger partial charge in [-0.25, -0.2) is 0 Å². The van der Waals surface area contributed by atoms with Crippen molar-refractivity contribution in [2.45, 2.75) is 31.7 Å². The van der Waals surface area contributed by atoms with Crippen molar-refractivity contribution in [1.29, 1.82) is 0 Å². The highest BCUT2D eigenvalue weighted by atomic mass is 35.5. The summed E-state index contributed by atoms with van der Waals surface area (Å²) < 4.78 is 10.6. The highest BCUT2D eigenvalue weighted by Gasteiger charge is 2.24. The first-order chi connectivity index (χ1) is 13.7. The van der Waals surface area contributed by atoms with E-state index >= 15 is 0 Å².